The quantitative estimate of drug-likeness (QED) is 0.118. The first-order valence-electron chi connectivity index (χ1n) is 9.63. The molecule has 0 saturated carbocycles. The van der Waals surface area contributed by atoms with Crippen molar-refractivity contribution in [3.05, 3.63) is 93.9 Å². The minimum absolute atomic E-state index is 0.0198. The number of aromatic nitrogens is 1. The van der Waals surface area contributed by atoms with Gasteiger partial charge in [0.1, 0.15) is 24.0 Å². The van der Waals surface area contributed by atoms with Crippen LogP contribution in [0.5, 0.6) is 5.75 Å². The van der Waals surface area contributed by atoms with Crippen LogP contribution >= 0.6 is 45.2 Å². The molecule has 0 bridgehead atoms. The van der Waals surface area contributed by atoms with E-state index in [4.69, 9.17) is 4.74 Å². The normalized spacial score (nSPS) is 11.1. The Hall–Kier alpha value is -2.92. The fraction of sp³-hybridized carbons (Fsp3) is 0.130. The van der Waals surface area contributed by atoms with Crippen molar-refractivity contribution < 1.29 is 14.5 Å². The van der Waals surface area contributed by atoms with E-state index >= 15 is 0 Å². The second-order valence-corrected chi connectivity index (χ2v) is 9.41. The highest BCUT2D eigenvalue weighted by molar-refractivity contribution is 14.1. The number of ether oxygens (including phenoxy) is 1. The molecular formula is C23H18I2N4O4. The first-order chi connectivity index (χ1) is 15.7. The number of nitro groups is 1. The Morgan fingerprint density at radius 1 is 1.15 bits per heavy atom. The summed E-state index contributed by atoms with van der Waals surface area (Å²) >= 11 is 4.27. The van der Waals surface area contributed by atoms with Crippen LogP contribution in [0.25, 0.3) is 6.08 Å². The summed E-state index contributed by atoms with van der Waals surface area (Å²) in [4.78, 5) is 23.0. The molecule has 1 amide bonds. The molecule has 10 heteroatoms. The molecular weight excluding hydrogens is 650 g/mol. The van der Waals surface area contributed by atoms with Crippen LogP contribution in [0, 0.1) is 42.4 Å². The van der Waals surface area contributed by atoms with Gasteiger partial charge in [-0.2, -0.15) is 5.26 Å². The van der Waals surface area contributed by atoms with Gasteiger partial charge >= 0.3 is 0 Å². The summed E-state index contributed by atoms with van der Waals surface area (Å²) in [5, 5.41) is 20.3. The van der Waals surface area contributed by atoms with Gasteiger partial charge in [-0.3, -0.25) is 25.0 Å². The Morgan fingerprint density at radius 3 is 2.24 bits per heavy atom. The minimum atomic E-state index is -0.497. The van der Waals surface area contributed by atoms with Gasteiger partial charge in [-0.1, -0.05) is 0 Å². The van der Waals surface area contributed by atoms with Crippen molar-refractivity contribution >= 4 is 62.9 Å². The van der Waals surface area contributed by atoms with Crippen molar-refractivity contribution in [3.63, 3.8) is 0 Å². The summed E-state index contributed by atoms with van der Waals surface area (Å²) < 4.78 is 9.18. The van der Waals surface area contributed by atoms with Gasteiger partial charge in [-0.05, 0) is 113 Å². The third kappa shape index (κ3) is 6.11. The molecule has 3 rings (SSSR count). The molecule has 0 unspecified atom stereocenters. The molecule has 3 aromatic rings. The largest absolute Gasteiger partial charge is 0.487 e. The van der Waals surface area contributed by atoms with Crippen LogP contribution < -0.4 is 10.2 Å². The molecule has 1 N–H and O–H groups in total. The van der Waals surface area contributed by atoms with Crippen LogP contribution in [0.2, 0.25) is 0 Å². The van der Waals surface area contributed by atoms with Gasteiger partial charge in [0.15, 0.2) is 0 Å². The third-order valence-electron chi connectivity index (χ3n) is 4.71. The molecule has 0 aliphatic heterocycles. The van der Waals surface area contributed by atoms with E-state index < -0.39 is 10.8 Å². The third-order valence-corrected chi connectivity index (χ3v) is 6.31. The highest BCUT2D eigenvalue weighted by atomic mass is 127. The molecule has 0 fully saturated rings. The van der Waals surface area contributed by atoms with Crippen LogP contribution in [0.15, 0.2) is 54.1 Å². The number of carbonyl (C=O) groups is 1. The fourth-order valence-electron chi connectivity index (χ4n) is 2.99. The molecule has 0 atom stereocenters. The first kappa shape index (κ1) is 24.7. The van der Waals surface area contributed by atoms with E-state index in [1.54, 1.807) is 16.8 Å². The van der Waals surface area contributed by atoms with Crippen LogP contribution in [0.3, 0.4) is 0 Å². The Morgan fingerprint density at radius 2 is 1.73 bits per heavy atom. The summed E-state index contributed by atoms with van der Waals surface area (Å²) in [6.45, 7) is 3.98. The maximum atomic E-state index is 12.6. The number of amides is 1. The molecule has 0 aliphatic rings. The number of non-ortho nitro benzene ring substituents is 1. The smallest absolute Gasteiger partial charge is 0.280 e. The van der Waals surface area contributed by atoms with Gasteiger partial charge in [0.05, 0.1) is 12.1 Å². The number of halogens is 2. The Bertz CT molecular complexity index is 1250. The second-order valence-electron chi connectivity index (χ2n) is 7.09. The number of hydrogen-bond acceptors (Lipinski definition) is 5. The molecule has 1 heterocycles. The minimum Gasteiger partial charge on any atom is -0.487 e. The summed E-state index contributed by atoms with van der Waals surface area (Å²) in [6.07, 6.45) is 1.54. The summed E-state index contributed by atoms with van der Waals surface area (Å²) in [7, 11) is 0. The zero-order valence-corrected chi connectivity index (χ0v) is 21.9. The van der Waals surface area contributed by atoms with Crippen molar-refractivity contribution in [2.45, 2.75) is 20.5 Å². The van der Waals surface area contributed by atoms with E-state index in [2.05, 4.69) is 50.6 Å². The molecule has 33 heavy (non-hydrogen) atoms. The predicted octanol–water partition coefficient (Wildman–Crippen LogP) is 5.48. The zero-order valence-electron chi connectivity index (χ0n) is 17.6. The van der Waals surface area contributed by atoms with E-state index in [0.29, 0.717) is 11.3 Å². The molecule has 2 aromatic carbocycles. The number of carbonyl (C=O) groups excluding carboxylic acids is 1. The van der Waals surface area contributed by atoms with E-state index in [0.717, 1.165) is 24.1 Å². The van der Waals surface area contributed by atoms with Crippen LogP contribution in [0.4, 0.5) is 5.69 Å². The van der Waals surface area contributed by atoms with Gasteiger partial charge in [0.2, 0.25) is 0 Å². The first-order valence-corrected chi connectivity index (χ1v) is 11.8. The summed E-state index contributed by atoms with van der Waals surface area (Å²) in [5.74, 6) is 0.164. The molecule has 168 valence electrons. The SMILES string of the molecule is Cc1ccc(C)n1NC(=O)/C(C#N)=C\c1cc(I)c(OCc2ccc([N+](=O)[O-])cc2)c(I)c1. The van der Waals surface area contributed by atoms with Gasteiger partial charge in [0, 0.05) is 23.5 Å². The standard InChI is InChI=1S/C23H18I2N4O4/c1-14-3-4-15(2)28(14)27-23(30)18(12-26)9-17-10-20(24)22(21(25)11-17)33-13-16-5-7-19(8-6-16)29(31)32/h3-11H,13H2,1-2H3,(H,27,30)/b18-9-. The summed E-state index contributed by atoms with van der Waals surface area (Å²) in [6, 6.07) is 15.6. The van der Waals surface area contributed by atoms with Gasteiger partial charge in [0.25, 0.3) is 11.6 Å². The number of nitrogens with one attached hydrogen (secondary N) is 1. The van der Waals surface area contributed by atoms with Crippen molar-refractivity contribution in [3.8, 4) is 11.8 Å². The fourth-order valence-corrected chi connectivity index (χ4v) is 5.12. The van der Waals surface area contributed by atoms with E-state index in [-0.39, 0.29) is 17.9 Å². The number of nitriles is 1. The number of aryl methyl sites for hydroxylation is 2. The lowest BCUT2D eigenvalue weighted by Gasteiger charge is -2.12. The van der Waals surface area contributed by atoms with E-state index in [1.807, 2.05) is 44.2 Å². The number of nitrogens with zero attached hydrogens (tertiary/aromatic N) is 3. The van der Waals surface area contributed by atoms with Crippen LogP contribution in [0.1, 0.15) is 22.5 Å². The topological polar surface area (TPSA) is 110 Å². The van der Waals surface area contributed by atoms with Crippen molar-refractivity contribution in [2.24, 2.45) is 0 Å². The second kappa shape index (κ2) is 10.8. The number of nitro benzene ring substituents is 1. The lowest BCUT2D eigenvalue weighted by Crippen LogP contribution is -2.25. The maximum absolute atomic E-state index is 12.6. The maximum Gasteiger partial charge on any atom is 0.280 e. The molecule has 8 nitrogen and oxygen atoms in total. The molecule has 0 saturated heterocycles. The molecule has 1 aromatic heterocycles. The van der Waals surface area contributed by atoms with Crippen molar-refractivity contribution in [1.29, 1.82) is 5.26 Å². The molecule has 0 radical (unpaired) electrons. The lowest BCUT2D eigenvalue weighted by atomic mass is 10.1. The predicted molar refractivity (Wildman–Crippen MR) is 141 cm³/mol. The highest BCUT2D eigenvalue weighted by Crippen LogP contribution is 2.30. The average molecular weight is 668 g/mol. The lowest BCUT2D eigenvalue weighted by molar-refractivity contribution is -0.384. The van der Waals surface area contributed by atoms with Crippen molar-refractivity contribution in [2.75, 3.05) is 5.43 Å². The number of hydrogen-bond donors (Lipinski definition) is 1. The average Bonchev–Trinajstić information content (AvgIpc) is 3.09. The van der Waals surface area contributed by atoms with E-state index in [9.17, 15) is 20.2 Å². The Labute approximate surface area is 217 Å². The number of benzene rings is 2. The summed E-state index contributed by atoms with van der Waals surface area (Å²) in [5.41, 5.74) is 5.95. The monoisotopic (exact) mass is 668 g/mol. The Balaban J connectivity index is 1.76. The van der Waals surface area contributed by atoms with E-state index in [1.165, 1.54) is 18.2 Å². The number of rotatable bonds is 7. The van der Waals surface area contributed by atoms with Crippen molar-refractivity contribution in [1.82, 2.24) is 4.68 Å². The van der Waals surface area contributed by atoms with Crippen LogP contribution in [-0.2, 0) is 11.4 Å². The van der Waals surface area contributed by atoms with Gasteiger partial charge in [-0.15, -0.1) is 0 Å². The van der Waals surface area contributed by atoms with Gasteiger partial charge in [-0.25, -0.2) is 0 Å². The zero-order chi connectivity index (χ0) is 24.1. The Kier molecular flexibility index (Phi) is 8.09. The molecule has 0 aliphatic carbocycles. The highest BCUT2D eigenvalue weighted by Gasteiger charge is 2.14. The molecule has 0 spiro atoms. The van der Waals surface area contributed by atoms with Gasteiger partial charge < -0.3 is 4.74 Å². The van der Waals surface area contributed by atoms with Crippen LogP contribution in [-0.4, -0.2) is 15.5 Å².